The monoisotopic (exact) mass is 497 g/mol. The molecule has 0 unspecified atom stereocenters. The smallest absolute Gasteiger partial charge is 0.192 e. The van der Waals surface area contributed by atoms with Crippen molar-refractivity contribution in [2.24, 2.45) is 0 Å². The molecule has 1 aliphatic rings. The third-order valence-corrected chi connectivity index (χ3v) is 7.29. The zero-order valence-electron chi connectivity index (χ0n) is 14.8. The van der Waals surface area contributed by atoms with Crippen LogP contribution in [0.5, 0.6) is 0 Å². The summed E-state index contributed by atoms with van der Waals surface area (Å²) in [5, 5.41) is 10.2. The van der Waals surface area contributed by atoms with E-state index in [2.05, 4.69) is 30.7 Å². The maximum Gasteiger partial charge on any atom is 0.192 e. The van der Waals surface area contributed by atoms with E-state index in [1.807, 2.05) is 36.4 Å². The highest BCUT2D eigenvalue weighted by atomic mass is 79.9. The molecule has 1 atom stereocenters. The molecule has 0 saturated carbocycles. The second-order valence-electron chi connectivity index (χ2n) is 6.37. The number of thiophene rings is 1. The van der Waals surface area contributed by atoms with E-state index in [-0.39, 0.29) is 11.9 Å². The van der Waals surface area contributed by atoms with Crippen molar-refractivity contribution in [3.8, 4) is 11.4 Å². The van der Waals surface area contributed by atoms with Gasteiger partial charge in [0.05, 0.1) is 27.1 Å². The van der Waals surface area contributed by atoms with E-state index in [0.717, 1.165) is 44.7 Å². The van der Waals surface area contributed by atoms with Gasteiger partial charge in [0.2, 0.25) is 0 Å². The van der Waals surface area contributed by atoms with Crippen LogP contribution < -0.4 is 0 Å². The molecule has 1 saturated heterocycles. The average Bonchev–Trinajstić information content (AvgIpc) is 3.43. The van der Waals surface area contributed by atoms with Gasteiger partial charge in [-0.15, -0.1) is 21.5 Å². The van der Waals surface area contributed by atoms with Gasteiger partial charge < -0.3 is 4.74 Å². The Hall–Kier alpha value is -1.19. The van der Waals surface area contributed by atoms with Gasteiger partial charge in [-0.3, -0.25) is 9.36 Å². The lowest BCUT2D eigenvalue weighted by Gasteiger charge is -2.14. The van der Waals surface area contributed by atoms with Gasteiger partial charge in [-0.1, -0.05) is 23.4 Å². The number of hydrogen-bond acceptors (Lipinski definition) is 6. The largest absolute Gasteiger partial charge is 0.376 e. The number of nitrogens with zero attached hydrogens (tertiary/aromatic N) is 3. The van der Waals surface area contributed by atoms with Crippen molar-refractivity contribution in [1.82, 2.24) is 14.8 Å². The number of carbonyl (C=O) groups excluding carboxylic acids is 1. The first kappa shape index (κ1) is 20.1. The molecule has 3 aromatic rings. The van der Waals surface area contributed by atoms with Crippen molar-refractivity contribution < 1.29 is 9.53 Å². The van der Waals surface area contributed by atoms with Crippen LogP contribution in [0.2, 0.25) is 5.02 Å². The molecule has 1 aliphatic heterocycles. The molecule has 5 nitrogen and oxygen atoms in total. The predicted octanol–water partition coefficient (Wildman–Crippen LogP) is 5.58. The summed E-state index contributed by atoms with van der Waals surface area (Å²) in [6.07, 6.45) is 2.23. The standard InChI is InChI=1S/C19H17BrClN3O2S2/c20-17-8-7-16(28-17)15(25)11-27-19-23-22-18(12-3-5-13(21)6-4-12)24(19)10-14-2-1-9-26-14/h3-8,14H,1-2,9-11H2/t14-/m1/s1. The van der Waals surface area contributed by atoms with Gasteiger partial charge in [-0.2, -0.15) is 0 Å². The summed E-state index contributed by atoms with van der Waals surface area (Å²) in [5.74, 6) is 1.17. The van der Waals surface area contributed by atoms with E-state index in [4.69, 9.17) is 16.3 Å². The predicted molar refractivity (Wildman–Crippen MR) is 117 cm³/mol. The van der Waals surface area contributed by atoms with Gasteiger partial charge in [-0.25, -0.2) is 0 Å². The SMILES string of the molecule is O=C(CSc1nnc(-c2ccc(Cl)cc2)n1C[C@H]1CCCO1)c1ccc(Br)s1. The first-order chi connectivity index (χ1) is 13.6. The summed E-state index contributed by atoms with van der Waals surface area (Å²) < 4.78 is 8.82. The number of benzene rings is 1. The summed E-state index contributed by atoms with van der Waals surface area (Å²) in [5.41, 5.74) is 0.940. The van der Waals surface area contributed by atoms with Gasteiger partial charge in [0, 0.05) is 17.2 Å². The number of ketones is 1. The fourth-order valence-corrected chi connectivity index (χ4v) is 5.40. The number of thioether (sulfide) groups is 1. The molecule has 28 heavy (non-hydrogen) atoms. The van der Waals surface area contributed by atoms with Crippen LogP contribution in [-0.4, -0.2) is 39.0 Å². The van der Waals surface area contributed by atoms with Gasteiger partial charge in [0.15, 0.2) is 16.8 Å². The summed E-state index contributed by atoms with van der Waals surface area (Å²) in [7, 11) is 0. The highest BCUT2D eigenvalue weighted by molar-refractivity contribution is 9.11. The molecule has 0 N–H and O–H groups in total. The van der Waals surface area contributed by atoms with Crippen LogP contribution >= 0.6 is 50.6 Å². The van der Waals surface area contributed by atoms with E-state index in [1.165, 1.54) is 23.1 Å². The van der Waals surface area contributed by atoms with Crippen LogP contribution in [0, 0.1) is 0 Å². The second kappa shape index (κ2) is 9.09. The van der Waals surface area contributed by atoms with Crippen molar-refractivity contribution in [2.45, 2.75) is 30.6 Å². The van der Waals surface area contributed by atoms with Gasteiger partial charge >= 0.3 is 0 Å². The Morgan fingerprint density at radius 2 is 2.11 bits per heavy atom. The summed E-state index contributed by atoms with van der Waals surface area (Å²) >= 11 is 12.3. The van der Waals surface area contributed by atoms with Crippen LogP contribution in [0.3, 0.4) is 0 Å². The topological polar surface area (TPSA) is 57.0 Å². The van der Waals surface area contributed by atoms with Crippen LogP contribution in [-0.2, 0) is 11.3 Å². The quantitative estimate of drug-likeness (QED) is 0.314. The van der Waals surface area contributed by atoms with Crippen molar-refractivity contribution in [2.75, 3.05) is 12.4 Å². The minimum Gasteiger partial charge on any atom is -0.376 e. The average molecular weight is 499 g/mol. The minimum absolute atomic E-state index is 0.0837. The maximum absolute atomic E-state index is 12.5. The van der Waals surface area contributed by atoms with E-state index in [9.17, 15) is 4.79 Å². The molecular weight excluding hydrogens is 482 g/mol. The maximum atomic E-state index is 12.5. The first-order valence-corrected chi connectivity index (χ1v) is 11.8. The van der Waals surface area contributed by atoms with Crippen LogP contribution in [0.4, 0.5) is 0 Å². The highest BCUT2D eigenvalue weighted by Crippen LogP contribution is 2.29. The molecule has 2 aromatic heterocycles. The van der Waals surface area contributed by atoms with Crippen LogP contribution in [0.1, 0.15) is 22.5 Å². The van der Waals surface area contributed by atoms with E-state index >= 15 is 0 Å². The number of rotatable bonds is 7. The molecule has 0 aliphatic carbocycles. The lowest BCUT2D eigenvalue weighted by Crippen LogP contribution is -2.17. The van der Waals surface area contributed by atoms with Crippen molar-refractivity contribution in [1.29, 1.82) is 0 Å². The number of hydrogen-bond donors (Lipinski definition) is 0. The Balaban J connectivity index is 1.56. The van der Waals surface area contributed by atoms with Crippen LogP contribution in [0.25, 0.3) is 11.4 Å². The molecule has 0 spiro atoms. The fourth-order valence-electron chi connectivity index (χ4n) is 3.03. The molecule has 0 radical (unpaired) electrons. The van der Waals surface area contributed by atoms with E-state index < -0.39 is 0 Å². The van der Waals surface area contributed by atoms with Crippen LogP contribution in [0.15, 0.2) is 45.3 Å². The fraction of sp³-hybridized carbons (Fsp3) is 0.316. The Bertz CT molecular complexity index is 968. The Labute approximate surface area is 184 Å². The lowest BCUT2D eigenvalue weighted by atomic mass is 10.2. The van der Waals surface area contributed by atoms with Crippen molar-refractivity contribution in [3.05, 3.63) is 50.1 Å². The Kier molecular flexibility index (Phi) is 6.52. The summed E-state index contributed by atoms with van der Waals surface area (Å²) in [4.78, 5) is 13.2. The number of halogens is 2. The molecule has 0 amide bonds. The third kappa shape index (κ3) is 4.68. The number of Topliss-reactive ketones (excluding diaryl/α,β-unsaturated/α-hetero) is 1. The van der Waals surface area contributed by atoms with Crippen molar-refractivity contribution >= 4 is 56.4 Å². The lowest BCUT2D eigenvalue weighted by molar-refractivity contribution is 0.0953. The molecule has 0 bridgehead atoms. The second-order valence-corrected chi connectivity index (χ2v) is 10.2. The van der Waals surface area contributed by atoms with Gasteiger partial charge in [-0.05, 0) is 65.2 Å². The first-order valence-electron chi connectivity index (χ1n) is 8.82. The van der Waals surface area contributed by atoms with Crippen molar-refractivity contribution in [3.63, 3.8) is 0 Å². The molecule has 1 aromatic carbocycles. The zero-order valence-corrected chi connectivity index (χ0v) is 18.8. The van der Waals surface area contributed by atoms with Gasteiger partial charge in [0.25, 0.3) is 0 Å². The molecule has 9 heteroatoms. The molecule has 1 fully saturated rings. The Morgan fingerprint density at radius 1 is 1.29 bits per heavy atom. The molecule has 146 valence electrons. The van der Waals surface area contributed by atoms with Gasteiger partial charge in [0.1, 0.15) is 0 Å². The van der Waals surface area contributed by atoms with E-state index in [0.29, 0.717) is 17.3 Å². The molecular formula is C19H17BrClN3O2S2. The van der Waals surface area contributed by atoms with E-state index in [1.54, 1.807) is 0 Å². The number of aromatic nitrogens is 3. The zero-order chi connectivity index (χ0) is 19.5. The highest BCUT2D eigenvalue weighted by Gasteiger charge is 2.22. The summed E-state index contributed by atoms with van der Waals surface area (Å²) in [6.45, 7) is 1.46. The molecule has 3 heterocycles. The third-order valence-electron chi connectivity index (χ3n) is 4.41. The minimum atomic E-state index is 0.0837. The number of carbonyl (C=O) groups is 1. The number of ether oxygens (including phenoxy) is 1. The molecule has 4 rings (SSSR count). The summed E-state index contributed by atoms with van der Waals surface area (Å²) in [6, 6.07) is 11.3. The normalized spacial score (nSPS) is 16.6. The Morgan fingerprint density at radius 3 is 2.79 bits per heavy atom.